The number of halogens is 1. The number of benzene rings is 1. The van der Waals surface area contributed by atoms with Crippen LogP contribution in [0.2, 0.25) is 0 Å². The zero-order valence-corrected chi connectivity index (χ0v) is 13.6. The highest BCUT2D eigenvalue weighted by Gasteiger charge is 2.36. The van der Waals surface area contributed by atoms with Crippen molar-refractivity contribution >= 4 is 11.9 Å². The molecule has 0 amide bonds. The number of carbonyl (C=O) groups excluding carboxylic acids is 1. The topological polar surface area (TPSA) is 20.3 Å². The van der Waals surface area contributed by atoms with Crippen molar-refractivity contribution in [2.24, 2.45) is 5.92 Å². The van der Waals surface area contributed by atoms with E-state index in [1.165, 1.54) is 6.20 Å². The van der Waals surface area contributed by atoms with Gasteiger partial charge >= 0.3 is 0 Å². The summed E-state index contributed by atoms with van der Waals surface area (Å²) in [4.78, 5) is 13.1. The van der Waals surface area contributed by atoms with Crippen LogP contribution in [0.5, 0.6) is 0 Å². The molecule has 3 heteroatoms. The molecule has 1 saturated carbocycles. The number of fused-ring (bicyclic) bond motifs is 1. The van der Waals surface area contributed by atoms with Crippen LogP contribution in [-0.4, -0.2) is 11.2 Å². The lowest BCUT2D eigenvalue weighted by molar-refractivity contribution is -0.104. The minimum absolute atomic E-state index is 0.300. The molecule has 24 heavy (non-hydrogen) atoms. The molecule has 1 aromatic carbocycles. The summed E-state index contributed by atoms with van der Waals surface area (Å²) in [7, 11) is 0. The first-order valence-corrected chi connectivity index (χ1v) is 8.15. The number of hydrogen-bond acceptors (Lipinski definition) is 2. The van der Waals surface area contributed by atoms with Gasteiger partial charge in [-0.1, -0.05) is 36.9 Å². The van der Waals surface area contributed by atoms with Gasteiger partial charge in [0.25, 0.3) is 0 Å². The Morgan fingerprint density at radius 3 is 2.58 bits per heavy atom. The van der Waals surface area contributed by atoms with Gasteiger partial charge in [0.05, 0.1) is 5.70 Å². The molecule has 0 spiro atoms. The average molecular weight is 319 g/mol. The van der Waals surface area contributed by atoms with E-state index < -0.39 is 0 Å². The van der Waals surface area contributed by atoms with Crippen molar-refractivity contribution in [2.75, 3.05) is 0 Å². The number of allylic oxidation sites excluding steroid dienone is 6. The quantitative estimate of drug-likeness (QED) is 0.738. The Labute approximate surface area is 141 Å². The molecular formula is C21H18FNO. The highest BCUT2D eigenvalue weighted by atomic mass is 19.1. The summed E-state index contributed by atoms with van der Waals surface area (Å²) in [5.41, 5.74) is 5.54. The second-order valence-corrected chi connectivity index (χ2v) is 6.46. The molecule has 0 saturated heterocycles. The van der Waals surface area contributed by atoms with Crippen molar-refractivity contribution in [3.8, 4) is 0 Å². The summed E-state index contributed by atoms with van der Waals surface area (Å²) in [5, 5.41) is 0. The van der Waals surface area contributed by atoms with Gasteiger partial charge in [-0.15, -0.1) is 0 Å². The molecule has 4 rings (SSSR count). The molecule has 0 N–H and O–H groups in total. The molecule has 0 unspecified atom stereocenters. The van der Waals surface area contributed by atoms with Gasteiger partial charge in [0, 0.05) is 23.0 Å². The first-order valence-electron chi connectivity index (χ1n) is 8.15. The maximum Gasteiger partial charge on any atom is 0.152 e. The molecular weight excluding hydrogens is 301 g/mol. The van der Waals surface area contributed by atoms with E-state index in [0.29, 0.717) is 22.8 Å². The third-order valence-corrected chi connectivity index (χ3v) is 4.87. The molecule has 2 aliphatic heterocycles. The Balaban J connectivity index is 1.96. The number of nitrogens with zero attached hydrogens (tertiary/aromatic N) is 1. The van der Waals surface area contributed by atoms with E-state index in [-0.39, 0.29) is 5.83 Å². The van der Waals surface area contributed by atoms with Crippen molar-refractivity contribution in [3.05, 3.63) is 88.7 Å². The minimum atomic E-state index is -0.300. The third kappa shape index (κ3) is 2.20. The number of aldehydes is 1. The lowest BCUT2D eigenvalue weighted by atomic mass is 9.88. The van der Waals surface area contributed by atoms with Crippen LogP contribution in [0.3, 0.4) is 0 Å². The SMILES string of the molecule is C=C1C(C=O)=CC(C2CC2)=C2C(C)=C(c3ccccc3)C(F)=CN12. The predicted molar refractivity (Wildman–Crippen MR) is 93.1 cm³/mol. The average Bonchev–Trinajstić information content (AvgIpc) is 3.42. The fourth-order valence-corrected chi connectivity index (χ4v) is 3.51. The lowest BCUT2D eigenvalue weighted by Gasteiger charge is -2.36. The highest BCUT2D eigenvalue weighted by molar-refractivity contribution is 5.87. The normalized spacial score (nSPS) is 20.8. The molecule has 2 nitrogen and oxygen atoms in total. The fraction of sp³-hybridized carbons (Fsp3) is 0.190. The second-order valence-electron chi connectivity index (χ2n) is 6.46. The minimum Gasteiger partial charge on any atom is -0.314 e. The zero-order chi connectivity index (χ0) is 16.8. The molecule has 3 aliphatic rings. The number of carbonyl (C=O) groups is 1. The fourth-order valence-electron chi connectivity index (χ4n) is 3.51. The molecule has 0 radical (unpaired) electrons. The number of hydrogen-bond donors (Lipinski definition) is 0. The maximum atomic E-state index is 14.9. The van der Waals surface area contributed by atoms with E-state index in [2.05, 4.69) is 6.58 Å². The van der Waals surface area contributed by atoms with Crippen LogP contribution in [-0.2, 0) is 4.79 Å². The Hall–Kier alpha value is -2.68. The van der Waals surface area contributed by atoms with Crippen molar-refractivity contribution in [1.82, 2.24) is 4.90 Å². The molecule has 1 aromatic rings. The van der Waals surface area contributed by atoms with Gasteiger partial charge < -0.3 is 4.90 Å². The Morgan fingerprint density at radius 2 is 1.96 bits per heavy atom. The Morgan fingerprint density at radius 1 is 1.25 bits per heavy atom. The van der Waals surface area contributed by atoms with E-state index >= 15 is 0 Å². The first-order chi connectivity index (χ1) is 11.6. The van der Waals surface area contributed by atoms with Crippen LogP contribution in [0.25, 0.3) is 5.57 Å². The monoisotopic (exact) mass is 319 g/mol. The van der Waals surface area contributed by atoms with Gasteiger partial charge in [-0.2, -0.15) is 0 Å². The standard InChI is InChI=1S/C21H18FNO/c1-13-20(16-6-4-3-5-7-16)19(22)11-23-14(2)17(12-24)10-18(21(13)23)15-8-9-15/h3-7,10-12,15H,2,8-9H2,1H3. The second kappa shape index (κ2) is 5.45. The smallest absolute Gasteiger partial charge is 0.152 e. The Kier molecular flexibility index (Phi) is 3.38. The molecule has 1 fully saturated rings. The lowest BCUT2D eigenvalue weighted by Crippen LogP contribution is -2.27. The van der Waals surface area contributed by atoms with Crippen molar-refractivity contribution in [3.63, 3.8) is 0 Å². The first kappa shape index (κ1) is 14.9. The van der Waals surface area contributed by atoms with Crippen LogP contribution in [0.15, 0.2) is 83.1 Å². The summed E-state index contributed by atoms with van der Waals surface area (Å²) in [6.07, 6.45) is 6.43. The van der Waals surface area contributed by atoms with Crippen LogP contribution in [0.1, 0.15) is 25.3 Å². The summed E-state index contributed by atoms with van der Waals surface area (Å²) in [6.45, 7) is 5.94. The van der Waals surface area contributed by atoms with E-state index in [0.717, 1.165) is 41.5 Å². The van der Waals surface area contributed by atoms with Crippen LogP contribution < -0.4 is 0 Å². The molecule has 0 bridgehead atoms. The van der Waals surface area contributed by atoms with Crippen molar-refractivity contribution in [2.45, 2.75) is 19.8 Å². The molecule has 120 valence electrons. The van der Waals surface area contributed by atoms with Crippen LogP contribution >= 0.6 is 0 Å². The largest absolute Gasteiger partial charge is 0.314 e. The van der Waals surface area contributed by atoms with Gasteiger partial charge in [-0.25, -0.2) is 4.39 Å². The Bertz CT molecular complexity index is 866. The van der Waals surface area contributed by atoms with E-state index in [1.807, 2.05) is 43.3 Å². The summed E-state index contributed by atoms with van der Waals surface area (Å²) in [6, 6.07) is 9.59. The van der Waals surface area contributed by atoms with Gasteiger partial charge in [0.1, 0.15) is 5.83 Å². The summed E-state index contributed by atoms with van der Waals surface area (Å²) >= 11 is 0. The highest BCUT2D eigenvalue weighted by Crippen LogP contribution is 2.48. The van der Waals surface area contributed by atoms with Crippen molar-refractivity contribution in [1.29, 1.82) is 0 Å². The van der Waals surface area contributed by atoms with Crippen LogP contribution in [0, 0.1) is 5.92 Å². The van der Waals surface area contributed by atoms with Gasteiger partial charge in [0.15, 0.2) is 6.29 Å². The summed E-state index contributed by atoms with van der Waals surface area (Å²) < 4.78 is 14.9. The van der Waals surface area contributed by atoms with Gasteiger partial charge in [-0.3, -0.25) is 4.79 Å². The van der Waals surface area contributed by atoms with E-state index in [9.17, 15) is 9.18 Å². The molecule has 1 aliphatic carbocycles. The van der Waals surface area contributed by atoms with Crippen LogP contribution in [0.4, 0.5) is 4.39 Å². The molecule has 0 aromatic heterocycles. The third-order valence-electron chi connectivity index (χ3n) is 4.87. The molecule has 0 atom stereocenters. The number of rotatable bonds is 3. The zero-order valence-electron chi connectivity index (χ0n) is 13.6. The summed E-state index contributed by atoms with van der Waals surface area (Å²) in [5.74, 6) is 0.151. The van der Waals surface area contributed by atoms with E-state index in [1.54, 1.807) is 4.90 Å². The van der Waals surface area contributed by atoms with Gasteiger partial charge in [-0.05, 0) is 48.5 Å². The molecule has 2 heterocycles. The maximum absolute atomic E-state index is 14.9. The van der Waals surface area contributed by atoms with E-state index in [4.69, 9.17) is 0 Å². The van der Waals surface area contributed by atoms with Gasteiger partial charge in [0.2, 0.25) is 0 Å². The van der Waals surface area contributed by atoms with Crippen molar-refractivity contribution < 1.29 is 9.18 Å². The predicted octanol–water partition coefficient (Wildman–Crippen LogP) is 4.90.